The van der Waals surface area contributed by atoms with Crippen LogP contribution in [0.25, 0.3) is 0 Å². The Kier molecular flexibility index (Phi) is 5.68. The Morgan fingerprint density at radius 2 is 1.67 bits per heavy atom. The number of hydrogen-bond acceptors (Lipinski definition) is 7. The van der Waals surface area contributed by atoms with Crippen LogP contribution in [-0.2, 0) is 19.3 Å². The van der Waals surface area contributed by atoms with E-state index in [4.69, 9.17) is 4.74 Å². The number of ether oxygens (including phenoxy) is 2. The molecular weight excluding hydrogens is 300 g/mol. The SMILES string of the molecule is CCOC(=O)NN.CCOC(=O)c1c2cccc1S2(=O)=O. The van der Waals surface area contributed by atoms with Gasteiger partial charge in [-0.3, -0.25) is 5.43 Å². The van der Waals surface area contributed by atoms with Gasteiger partial charge < -0.3 is 9.47 Å². The molecule has 0 fully saturated rings. The predicted molar refractivity (Wildman–Crippen MR) is 72.2 cm³/mol. The van der Waals surface area contributed by atoms with Crippen molar-refractivity contribution in [2.24, 2.45) is 5.84 Å². The molecule has 0 saturated heterocycles. The van der Waals surface area contributed by atoms with Gasteiger partial charge in [-0.2, -0.15) is 0 Å². The van der Waals surface area contributed by atoms with Crippen molar-refractivity contribution in [1.82, 2.24) is 5.43 Å². The van der Waals surface area contributed by atoms with Crippen molar-refractivity contribution in [2.75, 3.05) is 13.2 Å². The smallest absolute Gasteiger partial charge is 0.421 e. The molecule has 9 heteroatoms. The lowest BCUT2D eigenvalue weighted by atomic mass is 10.2. The van der Waals surface area contributed by atoms with Crippen molar-refractivity contribution in [3.8, 4) is 0 Å². The van der Waals surface area contributed by atoms with Crippen LogP contribution in [0.3, 0.4) is 0 Å². The van der Waals surface area contributed by atoms with E-state index in [1.165, 1.54) is 12.1 Å². The predicted octanol–water partition coefficient (Wildman–Crippen LogP) is 0.616. The second-order valence-corrected chi connectivity index (χ2v) is 5.60. The Morgan fingerprint density at radius 3 is 2.00 bits per heavy atom. The molecule has 2 heterocycles. The molecule has 0 radical (unpaired) electrons. The van der Waals surface area contributed by atoms with Crippen LogP contribution in [0.1, 0.15) is 24.2 Å². The molecule has 21 heavy (non-hydrogen) atoms. The summed E-state index contributed by atoms with van der Waals surface area (Å²) >= 11 is 0. The Balaban J connectivity index is 0.000000270. The average Bonchev–Trinajstić information content (AvgIpc) is 2.47. The third-order valence-corrected chi connectivity index (χ3v) is 4.28. The highest BCUT2D eigenvalue weighted by Crippen LogP contribution is 2.38. The molecule has 2 bridgehead atoms. The molecule has 1 aromatic rings. The van der Waals surface area contributed by atoms with E-state index in [1.54, 1.807) is 25.3 Å². The summed E-state index contributed by atoms with van der Waals surface area (Å²) in [6.45, 7) is 3.97. The van der Waals surface area contributed by atoms with E-state index in [0.717, 1.165) is 0 Å². The standard InChI is InChI=1S/C9H8O4S.C3H8N2O2/c1-2-13-9(10)8-6-4-3-5-7(8)14(6,11)12;1-2-7-3(6)5-4/h3-5H,2H2,1H3;2,4H2,1H3,(H,5,6). The highest BCUT2D eigenvalue weighted by atomic mass is 32.2. The number of benzene rings is 1. The maximum atomic E-state index is 11.4. The molecule has 0 aliphatic carbocycles. The van der Waals surface area contributed by atoms with Gasteiger partial charge in [0, 0.05) is 0 Å². The first-order chi connectivity index (χ1) is 9.89. The zero-order valence-corrected chi connectivity index (χ0v) is 12.4. The quantitative estimate of drug-likeness (QED) is 0.368. The first kappa shape index (κ1) is 16.9. The van der Waals surface area contributed by atoms with Crippen LogP contribution in [0.15, 0.2) is 28.0 Å². The number of fused-ring (bicyclic) bond motifs is 2. The summed E-state index contributed by atoms with van der Waals surface area (Å²) < 4.78 is 31.8. The van der Waals surface area contributed by atoms with Crippen LogP contribution < -0.4 is 11.3 Å². The number of carbonyl (C=O) groups is 2. The molecule has 2 aliphatic heterocycles. The van der Waals surface area contributed by atoms with E-state index >= 15 is 0 Å². The number of nitrogens with one attached hydrogen (secondary N) is 1. The number of amides is 1. The lowest BCUT2D eigenvalue weighted by Gasteiger charge is -2.21. The fourth-order valence-electron chi connectivity index (χ4n) is 1.61. The number of hydrazine groups is 1. The zero-order valence-electron chi connectivity index (χ0n) is 11.6. The van der Waals surface area contributed by atoms with Gasteiger partial charge in [0.15, 0.2) is 0 Å². The minimum Gasteiger partial charge on any atom is -0.462 e. The van der Waals surface area contributed by atoms with Crippen LogP contribution in [0.5, 0.6) is 0 Å². The number of nitrogens with two attached hydrogens (primary N) is 1. The maximum Gasteiger partial charge on any atom is 0.421 e. The van der Waals surface area contributed by atoms with E-state index in [2.05, 4.69) is 10.6 Å². The van der Waals surface area contributed by atoms with Crippen molar-refractivity contribution in [1.29, 1.82) is 0 Å². The van der Waals surface area contributed by atoms with Crippen LogP contribution >= 0.6 is 0 Å². The number of esters is 1. The number of carbonyl (C=O) groups excluding carboxylic acids is 2. The van der Waals surface area contributed by atoms with Gasteiger partial charge in [-0.15, -0.1) is 0 Å². The summed E-state index contributed by atoms with van der Waals surface area (Å²) in [5.41, 5.74) is 1.99. The molecule has 116 valence electrons. The van der Waals surface area contributed by atoms with Crippen molar-refractivity contribution in [3.05, 3.63) is 23.8 Å². The molecule has 1 amide bonds. The Morgan fingerprint density at radius 1 is 1.14 bits per heavy atom. The highest BCUT2D eigenvalue weighted by molar-refractivity contribution is 7.93. The molecule has 1 aromatic carbocycles. The monoisotopic (exact) mass is 316 g/mol. The summed E-state index contributed by atoms with van der Waals surface area (Å²) in [7, 11) is -3.32. The molecule has 3 rings (SSSR count). The minimum absolute atomic E-state index is 0.0773. The van der Waals surface area contributed by atoms with E-state index in [0.29, 0.717) is 6.61 Å². The van der Waals surface area contributed by atoms with Crippen LogP contribution in [0.2, 0.25) is 0 Å². The van der Waals surface area contributed by atoms with E-state index in [9.17, 15) is 18.0 Å². The summed E-state index contributed by atoms with van der Waals surface area (Å²) in [4.78, 5) is 21.4. The second-order valence-electron chi connectivity index (χ2n) is 3.72. The van der Waals surface area contributed by atoms with Gasteiger partial charge in [-0.1, -0.05) is 6.07 Å². The van der Waals surface area contributed by atoms with Gasteiger partial charge >= 0.3 is 12.1 Å². The molecule has 8 nitrogen and oxygen atoms in total. The third-order valence-electron chi connectivity index (χ3n) is 2.44. The van der Waals surface area contributed by atoms with Gasteiger partial charge in [0.25, 0.3) is 0 Å². The molecule has 0 aromatic heterocycles. The molecule has 0 atom stereocenters. The Hall–Kier alpha value is -2.13. The lowest BCUT2D eigenvalue weighted by Crippen LogP contribution is -2.30. The van der Waals surface area contributed by atoms with Gasteiger partial charge in [-0.05, 0) is 26.0 Å². The maximum absolute atomic E-state index is 11.4. The fraction of sp³-hybridized carbons (Fsp3) is 0.333. The largest absolute Gasteiger partial charge is 0.462 e. The Labute approximate surface area is 122 Å². The van der Waals surface area contributed by atoms with E-state index in [1.807, 2.05) is 0 Å². The summed E-state index contributed by atoms with van der Waals surface area (Å²) in [6, 6.07) is 4.43. The molecule has 2 aliphatic rings. The number of rotatable bonds is 3. The van der Waals surface area contributed by atoms with E-state index in [-0.39, 0.29) is 22.0 Å². The average molecular weight is 316 g/mol. The van der Waals surface area contributed by atoms with Crippen molar-refractivity contribution >= 4 is 21.9 Å². The molecule has 0 saturated carbocycles. The van der Waals surface area contributed by atoms with E-state index < -0.39 is 21.9 Å². The van der Waals surface area contributed by atoms with Crippen molar-refractivity contribution in [2.45, 2.75) is 23.6 Å². The van der Waals surface area contributed by atoms with Crippen LogP contribution in [-0.4, -0.2) is 33.7 Å². The van der Waals surface area contributed by atoms with Gasteiger partial charge in [0.05, 0.1) is 28.6 Å². The summed E-state index contributed by atoms with van der Waals surface area (Å²) in [6.07, 6.45) is -0.595. The Bertz CT molecular complexity index is 613. The first-order valence-electron chi connectivity index (χ1n) is 6.08. The summed E-state index contributed by atoms with van der Waals surface area (Å²) in [5, 5.41) is 0. The van der Waals surface area contributed by atoms with Crippen LogP contribution in [0, 0.1) is 0 Å². The minimum atomic E-state index is -3.32. The lowest BCUT2D eigenvalue weighted by molar-refractivity contribution is 0.0514. The van der Waals surface area contributed by atoms with Crippen molar-refractivity contribution < 1.29 is 27.5 Å². The molecule has 0 spiro atoms. The highest BCUT2D eigenvalue weighted by Gasteiger charge is 2.40. The number of sulfone groups is 1. The topological polar surface area (TPSA) is 125 Å². The molecule has 0 unspecified atom stereocenters. The summed E-state index contributed by atoms with van der Waals surface area (Å²) in [5.74, 6) is 4.07. The van der Waals surface area contributed by atoms with Gasteiger partial charge in [0.1, 0.15) is 0 Å². The van der Waals surface area contributed by atoms with Crippen LogP contribution in [0.4, 0.5) is 4.79 Å². The van der Waals surface area contributed by atoms with Crippen molar-refractivity contribution in [3.63, 3.8) is 0 Å². The fourth-order valence-corrected chi connectivity index (χ4v) is 3.13. The third kappa shape index (κ3) is 3.50. The molecule has 3 N–H and O–H groups in total. The number of hydrogen-bond donors (Lipinski definition) is 2. The normalized spacial score (nSPS) is 13.1. The first-order valence-corrected chi connectivity index (χ1v) is 7.57. The molecular formula is C12H16N2O6S. The van der Waals surface area contributed by atoms with Gasteiger partial charge in [-0.25, -0.2) is 23.8 Å². The zero-order chi connectivity index (χ0) is 16.0. The second kappa shape index (κ2) is 7.04. The van der Waals surface area contributed by atoms with Gasteiger partial charge in [0.2, 0.25) is 9.84 Å².